The van der Waals surface area contributed by atoms with Crippen molar-refractivity contribution in [2.75, 3.05) is 19.7 Å². The molecule has 1 aromatic carbocycles. The molecule has 1 saturated heterocycles. The Labute approximate surface area is 257 Å². The van der Waals surface area contributed by atoms with Crippen LogP contribution < -0.4 is 14.8 Å². The van der Waals surface area contributed by atoms with E-state index in [4.69, 9.17) is 4.74 Å². The van der Waals surface area contributed by atoms with Gasteiger partial charge < -0.3 is 24.6 Å². The number of carbonyl (C=O) groups excluding carboxylic acids is 3. The number of rotatable bonds is 12. The highest BCUT2D eigenvalue weighted by atomic mass is 19.3. The number of halogens is 2. The van der Waals surface area contributed by atoms with E-state index in [2.05, 4.69) is 15.0 Å². The number of nitrogens with one attached hydrogen (secondary N) is 1. The van der Waals surface area contributed by atoms with E-state index in [1.807, 2.05) is 11.8 Å². The van der Waals surface area contributed by atoms with Gasteiger partial charge in [-0.2, -0.15) is 8.78 Å². The molecule has 1 aliphatic heterocycles. The molecule has 1 N–H and O–H groups in total. The molecule has 44 heavy (non-hydrogen) atoms. The molecule has 2 aliphatic carbocycles. The van der Waals surface area contributed by atoms with Crippen molar-refractivity contribution in [3.05, 3.63) is 53.3 Å². The van der Waals surface area contributed by atoms with Crippen LogP contribution in [0.1, 0.15) is 92.9 Å². The first kappa shape index (κ1) is 31.7. The predicted octanol–water partition coefficient (Wildman–Crippen LogP) is 5.29. The molecule has 1 aromatic heterocycles. The Balaban J connectivity index is 1.24. The van der Waals surface area contributed by atoms with Gasteiger partial charge in [-0.15, -0.1) is 0 Å². The first-order valence-corrected chi connectivity index (χ1v) is 15.8. The summed E-state index contributed by atoms with van der Waals surface area (Å²) < 4.78 is 36.5. The first-order valence-electron chi connectivity index (χ1n) is 15.8. The van der Waals surface area contributed by atoms with Gasteiger partial charge in [-0.1, -0.05) is 31.4 Å². The molecule has 3 fully saturated rings. The van der Waals surface area contributed by atoms with Crippen molar-refractivity contribution in [3.63, 3.8) is 0 Å². The lowest BCUT2D eigenvalue weighted by atomic mass is 9.94. The van der Waals surface area contributed by atoms with Gasteiger partial charge in [-0.05, 0) is 74.8 Å². The summed E-state index contributed by atoms with van der Waals surface area (Å²) in [5, 5.41) is 2.90. The van der Waals surface area contributed by atoms with E-state index >= 15 is 0 Å². The van der Waals surface area contributed by atoms with Gasteiger partial charge in [0.2, 0.25) is 11.8 Å². The molecule has 238 valence electrons. The van der Waals surface area contributed by atoms with Gasteiger partial charge in [-0.3, -0.25) is 14.4 Å². The van der Waals surface area contributed by atoms with Gasteiger partial charge in [0.1, 0.15) is 11.7 Å². The highest BCUT2D eigenvalue weighted by Gasteiger charge is 2.39. The molecule has 0 radical (unpaired) electrons. The summed E-state index contributed by atoms with van der Waals surface area (Å²) >= 11 is 0. The fourth-order valence-electron chi connectivity index (χ4n) is 6.35. The summed E-state index contributed by atoms with van der Waals surface area (Å²) in [7, 11) is 0. The van der Waals surface area contributed by atoms with Crippen molar-refractivity contribution < 1.29 is 32.6 Å². The molecule has 0 bridgehead atoms. The maximum Gasteiger partial charge on any atom is 0.387 e. The minimum absolute atomic E-state index is 0.0332. The van der Waals surface area contributed by atoms with Crippen molar-refractivity contribution in [1.82, 2.24) is 20.1 Å². The highest BCUT2D eigenvalue weighted by Crippen LogP contribution is 2.39. The Morgan fingerprint density at radius 1 is 1.07 bits per heavy atom. The second-order valence-electron chi connectivity index (χ2n) is 12.1. The van der Waals surface area contributed by atoms with E-state index < -0.39 is 12.7 Å². The smallest absolute Gasteiger partial charge is 0.387 e. The number of carbonyl (C=O) groups is 3. The molecular weight excluding hydrogens is 570 g/mol. The molecule has 1 unspecified atom stereocenters. The molecule has 11 heteroatoms. The van der Waals surface area contributed by atoms with E-state index in [1.165, 1.54) is 24.3 Å². The molecular formula is C33H42F2N4O5. The zero-order valence-corrected chi connectivity index (χ0v) is 25.5. The SMILES string of the molecule is CCN(C(=O)c1cccc(CNC(=O)[C@H]2CC(c3ccc(OC(F)F)c(OCC4CC4)c3)CN2C(C)=O)n1)C1CCCCC1. The number of ether oxygens (including phenoxy) is 2. The lowest BCUT2D eigenvalue weighted by molar-refractivity contribution is -0.136. The topological polar surface area (TPSA) is 101 Å². The van der Waals surface area contributed by atoms with E-state index in [0.29, 0.717) is 43.4 Å². The Morgan fingerprint density at radius 2 is 1.84 bits per heavy atom. The van der Waals surface area contributed by atoms with E-state index in [9.17, 15) is 23.2 Å². The quantitative estimate of drug-likeness (QED) is 0.350. The fourth-order valence-corrected chi connectivity index (χ4v) is 6.35. The predicted molar refractivity (Wildman–Crippen MR) is 159 cm³/mol. The normalized spacial score (nSPS) is 20.4. The number of amides is 3. The Hall–Kier alpha value is -3.76. The van der Waals surface area contributed by atoms with Crippen molar-refractivity contribution in [2.45, 2.75) is 96.4 Å². The van der Waals surface area contributed by atoms with E-state index in [1.54, 1.807) is 30.3 Å². The molecule has 3 aliphatic rings. The van der Waals surface area contributed by atoms with Gasteiger partial charge in [0.25, 0.3) is 5.91 Å². The summed E-state index contributed by atoms with van der Waals surface area (Å²) in [6.45, 7) is 1.89. The monoisotopic (exact) mass is 612 g/mol. The second-order valence-corrected chi connectivity index (χ2v) is 12.1. The number of alkyl halides is 2. The number of hydrogen-bond donors (Lipinski definition) is 1. The molecule has 3 amide bonds. The average Bonchev–Trinajstić information content (AvgIpc) is 3.74. The van der Waals surface area contributed by atoms with Crippen LogP contribution in [0.3, 0.4) is 0 Å². The third-order valence-corrected chi connectivity index (χ3v) is 8.92. The third kappa shape index (κ3) is 7.84. The summed E-state index contributed by atoms with van der Waals surface area (Å²) in [4.78, 5) is 47.2. The molecule has 5 rings (SSSR count). The molecule has 2 aromatic rings. The summed E-state index contributed by atoms with van der Waals surface area (Å²) in [5.74, 6) is -0.222. The molecule has 0 spiro atoms. The lowest BCUT2D eigenvalue weighted by Crippen LogP contribution is -2.45. The van der Waals surface area contributed by atoms with Crippen LogP contribution in [0.2, 0.25) is 0 Å². The Bertz CT molecular complexity index is 1330. The molecule has 2 saturated carbocycles. The summed E-state index contributed by atoms with van der Waals surface area (Å²) in [6.07, 6.45) is 7.93. The first-order chi connectivity index (χ1) is 21.2. The maximum absolute atomic E-state index is 13.4. The highest BCUT2D eigenvalue weighted by molar-refractivity contribution is 5.92. The summed E-state index contributed by atoms with van der Waals surface area (Å²) in [6, 6.07) is 9.59. The zero-order chi connectivity index (χ0) is 31.2. The second kappa shape index (κ2) is 14.3. The van der Waals surface area contributed by atoms with Gasteiger partial charge in [0.05, 0.1) is 18.8 Å². The third-order valence-electron chi connectivity index (χ3n) is 8.92. The van der Waals surface area contributed by atoms with Gasteiger partial charge >= 0.3 is 6.61 Å². The van der Waals surface area contributed by atoms with Gasteiger partial charge in [-0.25, -0.2) is 4.98 Å². The van der Waals surface area contributed by atoms with Crippen LogP contribution in [0.15, 0.2) is 36.4 Å². The fraction of sp³-hybridized carbons (Fsp3) is 0.576. The molecule has 2 atom stereocenters. The number of benzene rings is 1. The number of likely N-dealkylation sites (tertiary alicyclic amines) is 1. The maximum atomic E-state index is 13.4. The van der Waals surface area contributed by atoms with Crippen LogP contribution in [0, 0.1) is 5.92 Å². The minimum Gasteiger partial charge on any atom is -0.489 e. The number of aromatic nitrogens is 1. The van der Waals surface area contributed by atoms with Crippen molar-refractivity contribution in [2.24, 2.45) is 5.92 Å². The number of hydrogen-bond acceptors (Lipinski definition) is 6. The van der Waals surface area contributed by atoms with E-state index in [-0.39, 0.29) is 47.7 Å². The molecule has 2 heterocycles. The number of nitrogens with zero attached hydrogens (tertiary/aromatic N) is 3. The average molecular weight is 613 g/mol. The molecule has 9 nitrogen and oxygen atoms in total. The van der Waals surface area contributed by atoms with Crippen molar-refractivity contribution in [3.8, 4) is 11.5 Å². The van der Waals surface area contributed by atoms with Crippen molar-refractivity contribution in [1.29, 1.82) is 0 Å². The van der Waals surface area contributed by atoms with Gasteiger partial charge in [0.15, 0.2) is 11.5 Å². The standard InChI is InChI=1S/C33H42F2N4O5/c1-3-38(26-9-5-4-6-10-26)32(42)27-11-7-8-25(37-27)18-36-31(41)28-16-24(19-39(28)21(2)40)23-14-15-29(44-33(34)35)30(17-23)43-20-22-12-13-22/h7-8,11,14-15,17,22,24,26,28,33H,3-6,9-10,12-13,16,18-20H2,1-2H3,(H,36,41)/t24?,28-/m1/s1. The minimum atomic E-state index is -2.98. The number of pyridine rings is 1. The van der Waals surface area contributed by atoms with Crippen LogP contribution in [-0.2, 0) is 16.1 Å². The summed E-state index contributed by atoms with van der Waals surface area (Å²) in [5.41, 5.74) is 1.69. The van der Waals surface area contributed by atoms with Crippen LogP contribution in [-0.4, -0.2) is 70.9 Å². The van der Waals surface area contributed by atoms with Crippen LogP contribution in [0.5, 0.6) is 11.5 Å². The zero-order valence-electron chi connectivity index (χ0n) is 25.5. The Kier molecular flexibility index (Phi) is 10.3. The van der Waals surface area contributed by atoms with Crippen LogP contribution in [0.25, 0.3) is 0 Å². The van der Waals surface area contributed by atoms with Crippen molar-refractivity contribution >= 4 is 17.7 Å². The lowest BCUT2D eigenvalue weighted by Gasteiger charge is -2.33. The van der Waals surface area contributed by atoms with E-state index in [0.717, 1.165) is 44.1 Å². The van der Waals surface area contributed by atoms with Crippen LogP contribution in [0.4, 0.5) is 8.78 Å². The van der Waals surface area contributed by atoms with Gasteiger partial charge in [0, 0.05) is 32.0 Å². The van der Waals surface area contributed by atoms with Crippen LogP contribution >= 0.6 is 0 Å². The largest absolute Gasteiger partial charge is 0.489 e. The Morgan fingerprint density at radius 3 is 2.52 bits per heavy atom.